The van der Waals surface area contributed by atoms with Gasteiger partial charge in [-0.25, -0.2) is 22.4 Å². The Bertz CT molecular complexity index is 1380. The van der Waals surface area contributed by atoms with Gasteiger partial charge in [-0.1, -0.05) is 22.9 Å². The highest BCUT2D eigenvalue weighted by molar-refractivity contribution is 7.90. The second kappa shape index (κ2) is 7.86. The lowest BCUT2D eigenvalue weighted by Crippen LogP contribution is -2.16. The van der Waals surface area contributed by atoms with E-state index in [1.807, 2.05) is 0 Å². The topological polar surface area (TPSA) is 117 Å². The van der Waals surface area contributed by atoms with Crippen molar-refractivity contribution in [3.05, 3.63) is 47.2 Å². The van der Waals surface area contributed by atoms with Crippen molar-refractivity contribution in [3.63, 3.8) is 0 Å². The van der Waals surface area contributed by atoms with Crippen LogP contribution < -0.4 is 5.73 Å². The van der Waals surface area contributed by atoms with Crippen LogP contribution in [0, 0.1) is 0 Å². The standard InChI is InChI=1S/C19H17ClN4O4S2/c1-28-18(25)4-2-3-11-9-14-15(7-8-17(20)22-14)24(11)30(26,27)12-5-6-13-16(10-12)29-19(21)23-13/h5-10H,2-4H2,1H3,(H2,21,23). The zero-order valence-electron chi connectivity index (χ0n) is 15.8. The third kappa shape index (κ3) is 3.73. The van der Waals surface area contributed by atoms with Gasteiger partial charge in [0, 0.05) is 12.1 Å². The minimum Gasteiger partial charge on any atom is -0.469 e. The number of benzene rings is 1. The van der Waals surface area contributed by atoms with Gasteiger partial charge in [-0.05, 0) is 49.2 Å². The molecule has 0 spiro atoms. The monoisotopic (exact) mass is 464 g/mol. The summed E-state index contributed by atoms with van der Waals surface area (Å²) >= 11 is 7.22. The summed E-state index contributed by atoms with van der Waals surface area (Å²) < 4.78 is 33.8. The molecular weight excluding hydrogens is 448 g/mol. The summed E-state index contributed by atoms with van der Waals surface area (Å²) in [4.78, 5) is 20.0. The number of ether oxygens (including phenoxy) is 1. The van der Waals surface area contributed by atoms with Crippen LogP contribution in [0.3, 0.4) is 0 Å². The molecule has 156 valence electrons. The number of halogens is 1. The van der Waals surface area contributed by atoms with Crippen molar-refractivity contribution >= 4 is 65.3 Å². The maximum Gasteiger partial charge on any atom is 0.305 e. The van der Waals surface area contributed by atoms with E-state index in [0.717, 1.165) is 0 Å². The van der Waals surface area contributed by atoms with E-state index in [0.29, 0.717) is 44.9 Å². The van der Waals surface area contributed by atoms with Crippen LogP contribution in [0.15, 0.2) is 41.3 Å². The number of hydrogen-bond acceptors (Lipinski definition) is 8. The minimum atomic E-state index is -3.95. The predicted octanol–water partition coefficient (Wildman–Crippen LogP) is 3.61. The van der Waals surface area contributed by atoms with Crippen LogP contribution in [0.2, 0.25) is 5.15 Å². The molecule has 0 unspecified atom stereocenters. The molecule has 0 fully saturated rings. The van der Waals surface area contributed by atoms with Gasteiger partial charge >= 0.3 is 5.97 Å². The molecule has 0 radical (unpaired) electrons. The largest absolute Gasteiger partial charge is 0.469 e. The molecule has 3 heterocycles. The summed E-state index contributed by atoms with van der Waals surface area (Å²) in [6, 6.07) is 9.54. The number of nitrogens with two attached hydrogens (primary N) is 1. The fourth-order valence-corrected chi connectivity index (χ4v) is 5.84. The molecule has 0 aliphatic heterocycles. The van der Waals surface area contributed by atoms with Gasteiger partial charge in [-0.2, -0.15) is 0 Å². The Balaban J connectivity index is 1.83. The summed E-state index contributed by atoms with van der Waals surface area (Å²) in [6.07, 6.45) is 0.951. The first-order valence-corrected chi connectivity index (χ1v) is 11.6. The normalized spacial score (nSPS) is 11.9. The maximum atomic E-state index is 13.6. The summed E-state index contributed by atoms with van der Waals surface area (Å²) in [7, 11) is -2.63. The molecular formula is C19H17ClN4O4S2. The van der Waals surface area contributed by atoms with Gasteiger partial charge in [-0.3, -0.25) is 4.79 Å². The number of carbonyl (C=O) groups is 1. The first-order valence-electron chi connectivity index (χ1n) is 8.95. The molecule has 0 bridgehead atoms. The Morgan fingerprint density at radius 3 is 2.77 bits per heavy atom. The third-order valence-corrected chi connectivity index (χ3v) is 7.43. The second-order valence-corrected chi connectivity index (χ2v) is 9.79. The molecule has 30 heavy (non-hydrogen) atoms. The van der Waals surface area contributed by atoms with E-state index in [1.54, 1.807) is 30.3 Å². The van der Waals surface area contributed by atoms with E-state index in [1.165, 1.54) is 28.5 Å². The number of carbonyl (C=O) groups excluding carboxylic acids is 1. The summed E-state index contributed by atoms with van der Waals surface area (Å²) in [6.45, 7) is 0. The van der Waals surface area contributed by atoms with Crippen molar-refractivity contribution in [2.75, 3.05) is 12.8 Å². The summed E-state index contributed by atoms with van der Waals surface area (Å²) in [5, 5.41) is 0.632. The fraction of sp³-hybridized carbons (Fsp3) is 0.211. The number of thiazole rings is 1. The Morgan fingerprint density at radius 2 is 2.00 bits per heavy atom. The Hall–Kier alpha value is -2.69. The highest BCUT2D eigenvalue weighted by Gasteiger charge is 2.24. The molecule has 11 heteroatoms. The molecule has 3 aromatic heterocycles. The van der Waals surface area contributed by atoms with Crippen molar-refractivity contribution in [3.8, 4) is 0 Å². The molecule has 0 atom stereocenters. The van der Waals surface area contributed by atoms with E-state index in [-0.39, 0.29) is 22.4 Å². The third-order valence-electron chi connectivity index (χ3n) is 4.61. The Labute approximate surface area is 181 Å². The fourth-order valence-electron chi connectivity index (χ4n) is 3.25. The number of pyridine rings is 1. The number of methoxy groups -OCH3 is 1. The quantitative estimate of drug-likeness (QED) is 0.342. The van der Waals surface area contributed by atoms with Crippen molar-refractivity contribution in [1.82, 2.24) is 13.9 Å². The van der Waals surface area contributed by atoms with Gasteiger partial charge in [0.2, 0.25) is 0 Å². The second-order valence-electron chi connectivity index (χ2n) is 6.55. The first kappa shape index (κ1) is 20.6. The van der Waals surface area contributed by atoms with Crippen molar-refractivity contribution in [2.45, 2.75) is 24.2 Å². The first-order chi connectivity index (χ1) is 14.3. The van der Waals surface area contributed by atoms with Gasteiger partial charge in [0.25, 0.3) is 10.0 Å². The van der Waals surface area contributed by atoms with Gasteiger partial charge in [0.15, 0.2) is 5.13 Å². The number of esters is 1. The number of aromatic nitrogens is 3. The highest BCUT2D eigenvalue weighted by atomic mass is 35.5. The van der Waals surface area contributed by atoms with Crippen LogP contribution in [0.4, 0.5) is 5.13 Å². The smallest absolute Gasteiger partial charge is 0.305 e. The van der Waals surface area contributed by atoms with E-state index in [2.05, 4.69) is 14.7 Å². The summed E-state index contributed by atoms with van der Waals surface area (Å²) in [5.41, 5.74) is 7.76. The lowest BCUT2D eigenvalue weighted by atomic mass is 10.2. The molecule has 0 aliphatic carbocycles. The molecule has 0 saturated heterocycles. The van der Waals surface area contributed by atoms with Gasteiger partial charge in [-0.15, -0.1) is 0 Å². The Kier molecular flexibility index (Phi) is 5.39. The van der Waals surface area contributed by atoms with E-state index < -0.39 is 10.0 Å². The SMILES string of the molecule is COC(=O)CCCc1cc2nc(Cl)ccc2n1S(=O)(=O)c1ccc2nc(N)sc2c1. The lowest BCUT2D eigenvalue weighted by Gasteiger charge is -2.12. The lowest BCUT2D eigenvalue weighted by molar-refractivity contribution is -0.140. The van der Waals surface area contributed by atoms with E-state index >= 15 is 0 Å². The molecule has 0 aliphatic rings. The molecule has 0 saturated carbocycles. The van der Waals surface area contributed by atoms with Gasteiger partial charge in [0.1, 0.15) is 5.15 Å². The van der Waals surface area contributed by atoms with Crippen molar-refractivity contribution < 1.29 is 17.9 Å². The molecule has 2 N–H and O–H groups in total. The zero-order chi connectivity index (χ0) is 21.5. The zero-order valence-corrected chi connectivity index (χ0v) is 18.2. The van der Waals surface area contributed by atoms with Crippen LogP contribution in [-0.4, -0.2) is 35.4 Å². The molecule has 1 aromatic carbocycles. The van der Waals surface area contributed by atoms with Gasteiger partial charge in [0.05, 0.1) is 33.3 Å². The summed E-state index contributed by atoms with van der Waals surface area (Å²) in [5.74, 6) is -0.352. The van der Waals surface area contributed by atoms with E-state index in [9.17, 15) is 13.2 Å². The number of rotatable bonds is 6. The molecule has 0 amide bonds. The number of hydrogen-bond donors (Lipinski definition) is 1. The number of nitrogens with zero attached hydrogens (tertiary/aromatic N) is 3. The minimum absolute atomic E-state index is 0.111. The average molecular weight is 465 g/mol. The number of anilines is 1. The van der Waals surface area contributed by atoms with Crippen LogP contribution in [-0.2, 0) is 26.0 Å². The van der Waals surface area contributed by atoms with Crippen molar-refractivity contribution in [1.29, 1.82) is 0 Å². The molecule has 4 aromatic rings. The predicted molar refractivity (Wildman–Crippen MR) is 116 cm³/mol. The van der Waals surface area contributed by atoms with Crippen LogP contribution in [0.1, 0.15) is 18.5 Å². The maximum absolute atomic E-state index is 13.6. The van der Waals surface area contributed by atoms with Gasteiger partial charge < -0.3 is 10.5 Å². The number of nitrogen functional groups attached to an aromatic ring is 1. The van der Waals surface area contributed by atoms with E-state index in [4.69, 9.17) is 17.3 Å². The van der Waals surface area contributed by atoms with Crippen LogP contribution in [0.25, 0.3) is 21.3 Å². The molecule has 8 nitrogen and oxygen atoms in total. The highest BCUT2D eigenvalue weighted by Crippen LogP contribution is 2.30. The van der Waals surface area contributed by atoms with Crippen LogP contribution in [0.5, 0.6) is 0 Å². The number of aryl methyl sites for hydroxylation is 1. The molecule has 4 rings (SSSR count). The average Bonchev–Trinajstić information content (AvgIpc) is 3.25. The van der Waals surface area contributed by atoms with Crippen molar-refractivity contribution in [2.24, 2.45) is 0 Å². The number of fused-ring (bicyclic) bond motifs is 2. The van der Waals surface area contributed by atoms with Crippen LogP contribution >= 0.6 is 22.9 Å². The Morgan fingerprint density at radius 1 is 1.20 bits per heavy atom.